The largest absolute Gasteiger partial charge is 0.368 e. The van der Waals surface area contributed by atoms with Crippen molar-refractivity contribution in [2.75, 3.05) is 31.1 Å². The number of rotatable bonds is 5. The van der Waals surface area contributed by atoms with Gasteiger partial charge < -0.3 is 9.80 Å². The monoisotopic (exact) mass is 298 g/mol. The average molecular weight is 298 g/mol. The fourth-order valence-corrected chi connectivity index (χ4v) is 2.62. The minimum Gasteiger partial charge on any atom is -0.368 e. The van der Waals surface area contributed by atoms with Gasteiger partial charge >= 0.3 is 0 Å². The summed E-state index contributed by atoms with van der Waals surface area (Å²) in [6.45, 7) is 4.69. The normalized spacial score (nSPS) is 14.5. The molecule has 0 bridgehead atoms. The molecular weight excluding hydrogens is 276 g/mol. The lowest BCUT2D eigenvalue weighted by Gasteiger charge is -2.36. The zero-order valence-corrected chi connectivity index (χ0v) is 13.0. The van der Waals surface area contributed by atoms with Crippen LogP contribution in [0.5, 0.6) is 0 Å². The first kappa shape index (κ1) is 16.1. The number of unbranched alkanes of at least 4 members (excludes halogenated alkanes) is 1. The van der Waals surface area contributed by atoms with Crippen molar-refractivity contribution in [3.05, 3.63) is 29.8 Å². The van der Waals surface area contributed by atoms with Crippen molar-refractivity contribution in [1.29, 1.82) is 0 Å². The zero-order chi connectivity index (χ0) is 15.9. The van der Waals surface area contributed by atoms with E-state index in [1.54, 1.807) is 6.92 Å². The van der Waals surface area contributed by atoms with E-state index in [1.165, 1.54) is 0 Å². The van der Waals surface area contributed by atoms with E-state index in [-0.39, 0.29) is 11.7 Å². The number of hydrogen-bond donors (Lipinski definition) is 0. The zero-order valence-electron chi connectivity index (χ0n) is 13.0. The topological polar surface area (TPSA) is 40.6 Å². The molecule has 22 heavy (non-hydrogen) atoms. The Kier molecular flexibility index (Phi) is 5.60. The number of carbonyl (C=O) groups excluding carboxylic acids is 2. The summed E-state index contributed by atoms with van der Waals surface area (Å²) in [5.41, 5.74) is 1.83. The maximum Gasteiger partial charge on any atom is 0.222 e. The second-order valence-electron chi connectivity index (χ2n) is 5.53. The first-order valence-corrected chi connectivity index (χ1v) is 7.69. The van der Waals surface area contributed by atoms with Gasteiger partial charge in [-0.25, -0.2) is 0 Å². The number of piperazine rings is 1. The second kappa shape index (κ2) is 7.65. The minimum absolute atomic E-state index is 0.0777. The molecule has 0 spiro atoms. The van der Waals surface area contributed by atoms with Gasteiger partial charge in [-0.2, -0.15) is 0 Å². The van der Waals surface area contributed by atoms with Crippen LogP contribution in [-0.4, -0.2) is 42.8 Å². The molecule has 0 saturated carbocycles. The van der Waals surface area contributed by atoms with Crippen LogP contribution in [0.2, 0.25) is 0 Å². The maximum absolute atomic E-state index is 12.0. The van der Waals surface area contributed by atoms with Crippen LogP contribution in [-0.2, 0) is 4.79 Å². The van der Waals surface area contributed by atoms with Crippen molar-refractivity contribution in [3.63, 3.8) is 0 Å². The molecule has 116 valence electrons. The molecule has 4 nitrogen and oxygen atoms in total. The summed E-state index contributed by atoms with van der Waals surface area (Å²) in [4.78, 5) is 27.5. The summed E-state index contributed by atoms with van der Waals surface area (Å²) in [5.74, 6) is 2.84. The highest BCUT2D eigenvalue weighted by Gasteiger charge is 2.20. The summed E-state index contributed by atoms with van der Waals surface area (Å²) in [6, 6.07) is 7.66. The number of amides is 1. The van der Waals surface area contributed by atoms with Gasteiger partial charge in [0, 0.05) is 50.3 Å². The third-order valence-electron chi connectivity index (χ3n) is 3.98. The number of Topliss-reactive ketones (excluding diaryl/α,β-unsaturated/α-hetero) is 1. The molecule has 0 aliphatic carbocycles. The number of benzene rings is 1. The summed E-state index contributed by atoms with van der Waals surface area (Å²) in [5, 5.41) is 0. The highest BCUT2D eigenvalue weighted by atomic mass is 16.2. The molecule has 4 heteroatoms. The Morgan fingerprint density at radius 3 is 2.32 bits per heavy atom. The van der Waals surface area contributed by atoms with E-state index in [9.17, 15) is 9.59 Å². The Bertz CT molecular complexity index is 564. The molecule has 0 unspecified atom stereocenters. The molecule has 1 heterocycles. The van der Waals surface area contributed by atoms with E-state index < -0.39 is 0 Å². The van der Waals surface area contributed by atoms with E-state index in [1.807, 2.05) is 29.2 Å². The number of nitrogens with zero attached hydrogens (tertiary/aromatic N) is 2. The van der Waals surface area contributed by atoms with Gasteiger partial charge in [-0.1, -0.05) is 0 Å². The molecule has 0 N–H and O–H groups in total. The Labute approximate surface area is 132 Å². The Morgan fingerprint density at radius 2 is 1.77 bits per heavy atom. The van der Waals surface area contributed by atoms with Crippen molar-refractivity contribution in [3.8, 4) is 12.3 Å². The SMILES string of the molecule is C#CCCCC(=O)N1CCN(c2ccc(C(C)=O)cc2)CC1. The summed E-state index contributed by atoms with van der Waals surface area (Å²) in [7, 11) is 0. The molecular formula is C18H22N2O2. The van der Waals surface area contributed by atoms with Crippen LogP contribution >= 0.6 is 0 Å². The van der Waals surface area contributed by atoms with Crippen LogP contribution in [0.25, 0.3) is 0 Å². The van der Waals surface area contributed by atoms with E-state index in [0.717, 1.165) is 43.9 Å². The van der Waals surface area contributed by atoms with Crippen molar-refractivity contribution in [2.24, 2.45) is 0 Å². The molecule has 1 amide bonds. The van der Waals surface area contributed by atoms with E-state index in [2.05, 4.69) is 10.8 Å². The molecule has 1 aromatic rings. The number of hydrogen-bond acceptors (Lipinski definition) is 3. The highest BCUT2D eigenvalue weighted by Crippen LogP contribution is 2.18. The molecule has 1 fully saturated rings. The van der Waals surface area contributed by atoms with E-state index >= 15 is 0 Å². The Morgan fingerprint density at radius 1 is 1.14 bits per heavy atom. The molecule has 1 aliphatic heterocycles. The first-order valence-electron chi connectivity index (χ1n) is 7.69. The molecule has 2 rings (SSSR count). The number of ketones is 1. The minimum atomic E-state index is 0.0777. The van der Waals surface area contributed by atoms with Gasteiger partial charge in [-0.3, -0.25) is 9.59 Å². The van der Waals surface area contributed by atoms with Crippen molar-refractivity contribution < 1.29 is 9.59 Å². The van der Waals surface area contributed by atoms with Gasteiger partial charge in [-0.15, -0.1) is 12.3 Å². The van der Waals surface area contributed by atoms with Gasteiger partial charge in [0.05, 0.1) is 0 Å². The van der Waals surface area contributed by atoms with Gasteiger partial charge in [0.2, 0.25) is 5.91 Å². The summed E-state index contributed by atoms with van der Waals surface area (Å²) < 4.78 is 0. The predicted molar refractivity (Wildman–Crippen MR) is 87.9 cm³/mol. The lowest BCUT2D eigenvalue weighted by molar-refractivity contribution is -0.131. The quantitative estimate of drug-likeness (QED) is 0.476. The molecule has 1 aliphatic rings. The Hall–Kier alpha value is -2.28. The van der Waals surface area contributed by atoms with Crippen molar-refractivity contribution >= 4 is 17.4 Å². The lowest BCUT2D eigenvalue weighted by atomic mass is 10.1. The van der Waals surface area contributed by atoms with Crippen LogP contribution in [0.1, 0.15) is 36.5 Å². The van der Waals surface area contributed by atoms with Crippen LogP contribution in [0.4, 0.5) is 5.69 Å². The van der Waals surface area contributed by atoms with E-state index in [4.69, 9.17) is 6.42 Å². The molecule has 0 aromatic heterocycles. The third-order valence-corrected chi connectivity index (χ3v) is 3.98. The molecule has 0 atom stereocenters. The number of terminal acetylenes is 1. The predicted octanol–water partition coefficient (Wildman–Crippen LogP) is 2.34. The van der Waals surface area contributed by atoms with Crippen molar-refractivity contribution in [2.45, 2.75) is 26.2 Å². The summed E-state index contributed by atoms with van der Waals surface area (Å²) in [6.07, 6.45) is 7.17. The van der Waals surface area contributed by atoms with Crippen LogP contribution in [0.15, 0.2) is 24.3 Å². The first-order chi connectivity index (χ1) is 10.6. The smallest absolute Gasteiger partial charge is 0.222 e. The highest BCUT2D eigenvalue weighted by molar-refractivity contribution is 5.94. The molecule has 1 aromatic carbocycles. The molecule has 0 radical (unpaired) electrons. The van der Waals surface area contributed by atoms with Crippen LogP contribution in [0.3, 0.4) is 0 Å². The van der Waals surface area contributed by atoms with Gasteiger partial charge in [0.1, 0.15) is 0 Å². The standard InChI is InChI=1S/C18H22N2O2/c1-3-4-5-6-18(22)20-13-11-19(12-14-20)17-9-7-16(8-10-17)15(2)21/h1,7-10H,4-6,11-14H2,2H3. The molecule has 1 saturated heterocycles. The fourth-order valence-electron chi connectivity index (χ4n) is 2.62. The van der Waals surface area contributed by atoms with E-state index in [0.29, 0.717) is 12.8 Å². The average Bonchev–Trinajstić information content (AvgIpc) is 2.55. The van der Waals surface area contributed by atoms with Gasteiger partial charge in [-0.05, 0) is 37.6 Å². The number of anilines is 1. The van der Waals surface area contributed by atoms with Gasteiger partial charge in [0.15, 0.2) is 5.78 Å². The second-order valence-corrected chi connectivity index (χ2v) is 5.53. The maximum atomic E-state index is 12.0. The third kappa shape index (κ3) is 4.11. The fraction of sp³-hybridized carbons (Fsp3) is 0.444. The van der Waals surface area contributed by atoms with Crippen molar-refractivity contribution in [1.82, 2.24) is 4.90 Å². The van der Waals surface area contributed by atoms with Gasteiger partial charge in [0.25, 0.3) is 0 Å². The van der Waals surface area contributed by atoms with Crippen LogP contribution < -0.4 is 4.90 Å². The van der Waals surface area contributed by atoms with Crippen LogP contribution in [0, 0.1) is 12.3 Å². The lowest BCUT2D eigenvalue weighted by Crippen LogP contribution is -2.48. The summed E-state index contributed by atoms with van der Waals surface area (Å²) >= 11 is 0. The Balaban J connectivity index is 1.85. The number of carbonyl (C=O) groups is 2.